The zero-order chi connectivity index (χ0) is 11.5. The van der Waals surface area contributed by atoms with Gasteiger partial charge < -0.3 is 4.74 Å². The molecule has 0 aromatic carbocycles. The molecule has 1 saturated carbocycles. The number of halogens is 1. The van der Waals surface area contributed by atoms with Crippen LogP contribution in [0.1, 0.15) is 46.5 Å². The molecule has 2 atom stereocenters. The average molecular weight is 233 g/mol. The van der Waals surface area contributed by atoms with Gasteiger partial charge in [-0.25, -0.2) is 0 Å². The van der Waals surface area contributed by atoms with Crippen LogP contribution < -0.4 is 0 Å². The molecule has 0 radical (unpaired) electrons. The lowest BCUT2D eigenvalue weighted by atomic mass is 10.1. The lowest BCUT2D eigenvalue weighted by Gasteiger charge is -2.19. The van der Waals surface area contributed by atoms with Crippen LogP contribution in [-0.4, -0.2) is 17.5 Å². The van der Waals surface area contributed by atoms with Crippen LogP contribution in [-0.2, 0) is 9.53 Å². The van der Waals surface area contributed by atoms with Gasteiger partial charge in [-0.15, -0.1) is 11.6 Å². The number of hydrogen-bond donors (Lipinski definition) is 0. The van der Waals surface area contributed by atoms with Gasteiger partial charge in [0, 0.05) is 5.88 Å². The smallest absolute Gasteiger partial charge is 0.309 e. The summed E-state index contributed by atoms with van der Waals surface area (Å²) in [5.74, 6) is 1.44. The topological polar surface area (TPSA) is 26.3 Å². The van der Waals surface area contributed by atoms with Gasteiger partial charge in [0.15, 0.2) is 0 Å². The van der Waals surface area contributed by atoms with Crippen LogP contribution in [0.4, 0.5) is 0 Å². The summed E-state index contributed by atoms with van der Waals surface area (Å²) in [4.78, 5) is 11.6. The molecule has 0 heterocycles. The fourth-order valence-corrected chi connectivity index (χ4v) is 1.92. The number of carbonyl (C=O) groups is 1. The van der Waals surface area contributed by atoms with E-state index in [4.69, 9.17) is 16.3 Å². The molecule has 0 aromatic heterocycles. The van der Waals surface area contributed by atoms with Gasteiger partial charge in [0.1, 0.15) is 5.60 Å². The molecule has 0 amide bonds. The van der Waals surface area contributed by atoms with E-state index in [0.717, 1.165) is 31.6 Å². The maximum atomic E-state index is 11.6. The lowest BCUT2D eigenvalue weighted by Crippen LogP contribution is -2.25. The number of esters is 1. The third-order valence-corrected chi connectivity index (χ3v) is 2.86. The first kappa shape index (κ1) is 12.8. The molecule has 0 aliphatic heterocycles. The van der Waals surface area contributed by atoms with Gasteiger partial charge in [-0.3, -0.25) is 4.79 Å². The fourth-order valence-electron chi connectivity index (χ4n) is 1.73. The van der Waals surface area contributed by atoms with Gasteiger partial charge in [-0.05, 0) is 46.0 Å². The van der Waals surface area contributed by atoms with Gasteiger partial charge in [0.25, 0.3) is 0 Å². The maximum absolute atomic E-state index is 11.6. The van der Waals surface area contributed by atoms with Crippen molar-refractivity contribution >= 4 is 17.6 Å². The van der Waals surface area contributed by atoms with Crippen LogP contribution in [0.15, 0.2) is 0 Å². The molecule has 1 fully saturated rings. The zero-order valence-electron chi connectivity index (χ0n) is 9.88. The highest BCUT2D eigenvalue weighted by Crippen LogP contribution is 2.43. The monoisotopic (exact) mass is 232 g/mol. The number of ether oxygens (including phenoxy) is 1. The maximum Gasteiger partial charge on any atom is 0.309 e. The molecule has 0 bridgehead atoms. The van der Waals surface area contributed by atoms with Gasteiger partial charge in [0.05, 0.1) is 5.92 Å². The van der Waals surface area contributed by atoms with Crippen molar-refractivity contribution in [3.8, 4) is 0 Å². The van der Waals surface area contributed by atoms with Crippen LogP contribution in [0.2, 0.25) is 0 Å². The summed E-state index contributed by atoms with van der Waals surface area (Å²) in [6, 6.07) is 0. The predicted molar refractivity (Wildman–Crippen MR) is 62.0 cm³/mol. The summed E-state index contributed by atoms with van der Waals surface area (Å²) in [5.41, 5.74) is -0.347. The number of carbonyl (C=O) groups excluding carboxylic acids is 1. The predicted octanol–water partition coefficient (Wildman–Crippen LogP) is 3.37. The summed E-state index contributed by atoms with van der Waals surface area (Å²) < 4.78 is 5.33. The number of hydrogen-bond acceptors (Lipinski definition) is 2. The Bertz CT molecular complexity index is 220. The molecular formula is C12H21ClO2. The zero-order valence-corrected chi connectivity index (χ0v) is 10.6. The molecule has 2 unspecified atom stereocenters. The van der Waals surface area contributed by atoms with E-state index in [0.29, 0.717) is 5.92 Å². The molecule has 0 N–H and O–H groups in total. The Balaban J connectivity index is 2.17. The highest BCUT2D eigenvalue weighted by atomic mass is 35.5. The SMILES string of the molecule is CC(C)(C)OC(=O)C1CC1CCCCCl. The second kappa shape index (κ2) is 5.20. The highest BCUT2D eigenvalue weighted by Gasteiger charge is 2.44. The van der Waals surface area contributed by atoms with E-state index in [1.807, 2.05) is 20.8 Å². The Morgan fingerprint density at radius 2 is 2.07 bits per heavy atom. The number of unbranched alkanes of at least 4 members (excludes halogenated alkanes) is 1. The van der Waals surface area contributed by atoms with Crippen LogP contribution in [0.5, 0.6) is 0 Å². The molecule has 1 aliphatic rings. The molecule has 0 spiro atoms. The number of alkyl halides is 1. The summed E-state index contributed by atoms with van der Waals surface area (Å²) in [6.45, 7) is 5.74. The minimum Gasteiger partial charge on any atom is -0.460 e. The minimum absolute atomic E-state index is 0.0154. The van der Waals surface area contributed by atoms with E-state index in [2.05, 4.69) is 0 Å². The quantitative estimate of drug-likeness (QED) is 0.413. The summed E-state index contributed by atoms with van der Waals surface area (Å²) in [6.07, 6.45) is 4.32. The largest absolute Gasteiger partial charge is 0.460 e. The van der Waals surface area contributed by atoms with E-state index in [9.17, 15) is 4.79 Å². The van der Waals surface area contributed by atoms with Crippen molar-refractivity contribution in [3.05, 3.63) is 0 Å². The Hall–Kier alpha value is -0.240. The molecule has 1 aliphatic carbocycles. The molecule has 1 rings (SSSR count). The van der Waals surface area contributed by atoms with Crippen molar-refractivity contribution in [1.29, 1.82) is 0 Å². The van der Waals surface area contributed by atoms with Gasteiger partial charge in [0.2, 0.25) is 0 Å². The second-order valence-corrected chi connectivity index (χ2v) is 5.70. The molecule has 15 heavy (non-hydrogen) atoms. The van der Waals surface area contributed by atoms with Crippen LogP contribution >= 0.6 is 11.6 Å². The van der Waals surface area contributed by atoms with E-state index in [-0.39, 0.29) is 17.5 Å². The fraction of sp³-hybridized carbons (Fsp3) is 0.917. The van der Waals surface area contributed by atoms with Crippen molar-refractivity contribution in [2.45, 2.75) is 52.1 Å². The first-order valence-electron chi connectivity index (χ1n) is 5.73. The first-order chi connectivity index (χ1) is 6.94. The Kier molecular flexibility index (Phi) is 4.45. The normalized spacial score (nSPS) is 25.1. The molecule has 0 aromatic rings. The molecule has 2 nitrogen and oxygen atoms in total. The van der Waals surface area contributed by atoms with E-state index >= 15 is 0 Å². The average Bonchev–Trinajstić information content (AvgIpc) is 2.81. The van der Waals surface area contributed by atoms with Gasteiger partial charge in [-0.1, -0.05) is 6.42 Å². The van der Waals surface area contributed by atoms with Gasteiger partial charge >= 0.3 is 5.97 Å². The van der Waals surface area contributed by atoms with Gasteiger partial charge in [-0.2, -0.15) is 0 Å². The Morgan fingerprint density at radius 1 is 1.40 bits per heavy atom. The number of rotatable bonds is 5. The molecule has 88 valence electrons. The van der Waals surface area contributed by atoms with Crippen molar-refractivity contribution in [2.75, 3.05) is 5.88 Å². The van der Waals surface area contributed by atoms with E-state index in [1.54, 1.807) is 0 Å². The summed E-state index contributed by atoms with van der Waals surface area (Å²) in [5, 5.41) is 0. The third kappa shape index (κ3) is 4.87. The minimum atomic E-state index is -0.347. The van der Waals surface area contributed by atoms with Crippen LogP contribution in [0.25, 0.3) is 0 Å². The van der Waals surface area contributed by atoms with Crippen molar-refractivity contribution in [2.24, 2.45) is 11.8 Å². The molecule has 0 saturated heterocycles. The van der Waals surface area contributed by atoms with E-state index < -0.39 is 0 Å². The molecule has 3 heteroatoms. The Labute approximate surface area is 97.3 Å². The lowest BCUT2D eigenvalue weighted by molar-refractivity contribution is -0.156. The third-order valence-electron chi connectivity index (χ3n) is 2.59. The standard InChI is InChI=1S/C12H21ClO2/c1-12(2,3)15-11(14)10-8-9(10)6-4-5-7-13/h9-10H,4-8H2,1-3H3. The van der Waals surface area contributed by atoms with Crippen molar-refractivity contribution in [1.82, 2.24) is 0 Å². The van der Waals surface area contributed by atoms with Crippen molar-refractivity contribution in [3.63, 3.8) is 0 Å². The second-order valence-electron chi connectivity index (χ2n) is 5.32. The molecular weight excluding hydrogens is 212 g/mol. The van der Waals surface area contributed by atoms with Crippen molar-refractivity contribution < 1.29 is 9.53 Å². The van der Waals surface area contributed by atoms with E-state index in [1.165, 1.54) is 0 Å². The highest BCUT2D eigenvalue weighted by molar-refractivity contribution is 6.17. The van der Waals surface area contributed by atoms with Crippen LogP contribution in [0, 0.1) is 11.8 Å². The summed E-state index contributed by atoms with van der Waals surface area (Å²) >= 11 is 5.60. The first-order valence-corrected chi connectivity index (χ1v) is 6.26. The van der Waals surface area contributed by atoms with Crippen LogP contribution in [0.3, 0.4) is 0 Å². The Morgan fingerprint density at radius 3 is 2.60 bits per heavy atom. The summed E-state index contributed by atoms with van der Waals surface area (Å²) in [7, 11) is 0.